The van der Waals surface area contributed by atoms with Crippen LogP contribution in [0.5, 0.6) is 5.75 Å². The average molecular weight is 230 g/mol. The minimum Gasteiger partial charge on any atom is -0.503 e. The third-order valence-corrected chi connectivity index (χ3v) is 2.12. The zero-order valence-electron chi connectivity index (χ0n) is 8.63. The summed E-state index contributed by atoms with van der Waals surface area (Å²) in [5.41, 5.74) is 5.27. The second-order valence-corrected chi connectivity index (χ2v) is 3.41. The van der Waals surface area contributed by atoms with Gasteiger partial charge in [-0.2, -0.15) is 0 Å². The minimum atomic E-state index is -1.04. The van der Waals surface area contributed by atoms with Crippen molar-refractivity contribution in [3.8, 4) is 5.75 Å². The highest BCUT2D eigenvalue weighted by Gasteiger charge is 2.11. The molecule has 4 N–H and O–H groups in total. The van der Waals surface area contributed by atoms with Gasteiger partial charge >= 0.3 is 0 Å². The molecule has 1 atom stereocenters. The van der Waals surface area contributed by atoms with Crippen LogP contribution in [0.4, 0.5) is 8.78 Å². The summed E-state index contributed by atoms with van der Waals surface area (Å²) in [4.78, 5) is 10.7. The molecule has 1 aromatic carbocycles. The van der Waals surface area contributed by atoms with E-state index < -0.39 is 29.3 Å². The zero-order chi connectivity index (χ0) is 12.3. The van der Waals surface area contributed by atoms with Crippen molar-refractivity contribution in [2.24, 2.45) is 5.73 Å². The second-order valence-electron chi connectivity index (χ2n) is 3.41. The lowest BCUT2D eigenvalue weighted by molar-refractivity contribution is -0.119. The zero-order valence-corrected chi connectivity index (χ0v) is 8.63. The molecule has 0 aliphatic rings. The van der Waals surface area contributed by atoms with Gasteiger partial charge in [0.25, 0.3) is 0 Å². The molecule has 4 nitrogen and oxygen atoms in total. The Morgan fingerprint density at radius 3 is 2.44 bits per heavy atom. The van der Waals surface area contributed by atoms with Gasteiger partial charge in [0, 0.05) is 6.54 Å². The molecule has 1 rings (SSSR count). The van der Waals surface area contributed by atoms with Crippen LogP contribution in [0.1, 0.15) is 12.5 Å². The molecule has 88 valence electrons. The Morgan fingerprint density at radius 2 is 2.00 bits per heavy atom. The van der Waals surface area contributed by atoms with E-state index in [1.54, 1.807) is 0 Å². The smallest absolute Gasteiger partial charge is 0.234 e. The second kappa shape index (κ2) is 4.89. The molecule has 6 heteroatoms. The summed E-state index contributed by atoms with van der Waals surface area (Å²) >= 11 is 0. The van der Waals surface area contributed by atoms with Gasteiger partial charge < -0.3 is 16.2 Å². The monoisotopic (exact) mass is 230 g/mol. The standard InChI is InChI=1S/C10H12F2N2O2/c1-5(10(13)16)14-4-6-2-7(11)9(15)8(12)3-6/h2-3,5,14-15H,4H2,1H3,(H2,13,16). The van der Waals surface area contributed by atoms with Crippen LogP contribution in [0.15, 0.2) is 12.1 Å². The minimum absolute atomic E-state index is 0.0816. The molecule has 1 aromatic rings. The van der Waals surface area contributed by atoms with Crippen molar-refractivity contribution in [1.82, 2.24) is 5.32 Å². The van der Waals surface area contributed by atoms with Gasteiger partial charge in [0.2, 0.25) is 5.91 Å². The van der Waals surface area contributed by atoms with E-state index in [1.807, 2.05) is 0 Å². The van der Waals surface area contributed by atoms with Crippen molar-refractivity contribution in [2.45, 2.75) is 19.5 Å². The van der Waals surface area contributed by atoms with Gasteiger partial charge in [-0.05, 0) is 24.6 Å². The van der Waals surface area contributed by atoms with Gasteiger partial charge in [0.1, 0.15) is 0 Å². The Hall–Kier alpha value is -1.69. The number of carbonyl (C=O) groups excluding carboxylic acids is 1. The first-order valence-electron chi connectivity index (χ1n) is 4.61. The van der Waals surface area contributed by atoms with E-state index in [2.05, 4.69) is 5.32 Å². The van der Waals surface area contributed by atoms with Crippen molar-refractivity contribution < 1.29 is 18.7 Å². The molecule has 0 bridgehead atoms. The Bertz CT molecular complexity index is 387. The van der Waals surface area contributed by atoms with Crippen molar-refractivity contribution in [3.63, 3.8) is 0 Å². The maximum Gasteiger partial charge on any atom is 0.234 e. The summed E-state index contributed by atoms with van der Waals surface area (Å²) in [6.07, 6.45) is 0. The molecule has 16 heavy (non-hydrogen) atoms. The molecular weight excluding hydrogens is 218 g/mol. The fourth-order valence-electron chi connectivity index (χ4n) is 1.09. The van der Waals surface area contributed by atoms with Crippen LogP contribution in [0.25, 0.3) is 0 Å². The third-order valence-electron chi connectivity index (χ3n) is 2.12. The van der Waals surface area contributed by atoms with Crippen LogP contribution < -0.4 is 11.1 Å². The largest absolute Gasteiger partial charge is 0.503 e. The number of aromatic hydroxyl groups is 1. The average Bonchev–Trinajstić information content (AvgIpc) is 2.22. The molecule has 0 saturated heterocycles. The van der Waals surface area contributed by atoms with Gasteiger partial charge in [0.15, 0.2) is 17.4 Å². The maximum absolute atomic E-state index is 12.9. The lowest BCUT2D eigenvalue weighted by atomic mass is 10.2. The van der Waals surface area contributed by atoms with Crippen LogP contribution in [0.2, 0.25) is 0 Å². The van der Waals surface area contributed by atoms with Gasteiger partial charge in [-0.1, -0.05) is 0 Å². The molecule has 0 spiro atoms. The fourth-order valence-corrected chi connectivity index (χ4v) is 1.09. The first-order valence-corrected chi connectivity index (χ1v) is 4.61. The van der Waals surface area contributed by atoms with Crippen LogP contribution in [-0.2, 0) is 11.3 Å². The normalized spacial score (nSPS) is 12.4. The number of benzene rings is 1. The molecule has 0 fully saturated rings. The van der Waals surface area contributed by atoms with Gasteiger partial charge in [0.05, 0.1) is 6.04 Å². The number of nitrogens with two attached hydrogens (primary N) is 1. The van der Waals surface area contributed by atoms with Gasteiger partial charge in [-0.15, -0.1) is 0 Å². The number of nitrogens with one attached hydrogen (secondary N) is 1. The van der Waals surface area contributed by atoms with Gasteiger partial charge in [-0.3, -0.25) is 4.79 Å². The first kappa shape index (κ1) is 12.4. The Balaban J connectivity index is 2.72. The molecule has 0 saturated carbocycles. The molecule has 0 heterocycles. The Labute approximate surface area is 91.1 Å². The van der Waals surface area contributed by atoms with Gasteiger partial charge in [-0.25, -0.2) is 8.78 Å². The van der Waals surface area contributed by atoms with Crippen molar-refractivity contribution in [1.29, 1.82) is 0 Å². The Kier molecular flexibility index (Phi) is 3.78. The summed E-state index contributed by atoms with van der Waals surface area (Å²) in [5, 5.41) is 11.5. The summed E-state index contributed by atoms with van der Waals surface area (Å²) in [7, 11) is 0. The summed E-state index contributed by atoms with van der Waals surface area (Å²) in [5.74, 6) is -3.64. The molecule has 1 unspecified atom stereocenters. The predicted molar refractivity (Wildman–Crippen MR) is 53.5 cm³/mol. The molecule has 1 amide bonds. The quantitative estimate of drug-likeness (QED) is 0.710. The number of phenols is 1. The van der Waals surface area contributed by atoms with Crippen LogP contribution in [-0.4, -0.2) is 17.1 Å². The summed E-state index contributed by atoms with van der Waals surface area (Å²) < 4.78 is 25.8. The number of hydrogen-bond donors (Lipinski definition) is 3. The van der Waals surface area contributed by atoms with E-state index in [-0.39, 0.29) is 12.1 Å². The lowest BCUT2D eigenvalue weighted by Gasteiger charge is -2.10. The number of carbonyl (C=O) groups is 1. The molecule has 0 aromatic heterocycles. The summed E-state index contributed by atoms with van der Waals surface area (Å²) in [6.45, 7) is 1.62. The number of primary amides is 1. The Morgan fingerprint density at radius 1 is 1.50 bits per heavy atom. The number of hydrogen-bond acceptors (Lipinski definition) is 3. The fraction of sp³-hybridized carbons (Fsp3) is 0.300. The predicted octanol–water partition coefficient (Wildman–Crippen LogP) is 0.634. The third kappa shape index (κ3) is 2.90. The first-order chi connectivity index (χ1) is 7.41. The number of halogens is 2. The SMILES string of the molecule is CC(NCc1cc(F)c(O)c(F)c1)C(N)=O. The van der Waals surface area contributed by atoms with Crippen molar-refractivity contribution in [2.75, 3.05) is 0 Å². The highest BCUT2D eigenvalue weighted by Crippen LogP contribution is 2.21. The van der Waals surface area contributed by atoms with Crippen LogP contribution >= 0.6 is 0 Å². The molecule has 0 aliphatic carbocycles. The highest BCUT2D eigenvalue weighted by atomic mass is 19.1. The van der Waals surface area contributed by atoms with E-state index in [4.69, 9.17) is 10.8 Å². The highest BCUT2D eigenvalue weighted by molar-refractivity contribution is 5.79. The van der Waals surface area contributed by atoms with E-state index in [0.29, 0.717) is 0 Å². The molecular formula is C10H12F2N2O2. The lowest BCUT2D eigenvalue weighted by Crippen LogP contribution is -2.38. The van der Waals surface area contributed by atoms with Crippen LogP contribution in [0, 0.1) is 11.6 Å². The maximum atomic E-state index is 12.9. The molecule has 0 radical (unpaired) electrons. The van der Waals surface area contributed by atoms with Crippen LogP contribution in [0.3, 0.4) is 0 Å². The van der Waals surface area contributed by atoms with Crippen molar-refractivity contribution >= 4 is 5.91 Å². The summed E-state index contributed by atoms with van der Waals surface area (Å²) in [6, 6.07) is 1.37. The van der Waals surface area contributed by atoms with E-state index >= 15 is 0 Å². The van der Waals surface area contributed by atoms with E-state index in [1.165, 1.54) is 6.92 Å². The number of amides is 1. The van der Waals surface area contributed by atoms with E-state index in [0.717, 1.165) is 12.1 Å². The van der Waals surface area contributed by atoms with E-state index in [9.17, 15) is 13.6 Å². The number of rotatable bonds is 4. The topological polar surface area (TPSA) is 75.3 Å². The number of phenolic OH excluding ortho intramolecular Hbond substituents is 1. The molecule has 0 aliphatic heterocycles. The van der Waals surface area contributed by atoms with Crippen molar-refractivity contribution in [3.05, 3.63) is 29.3 Å².